The molecule has 3 nitrogen and oxygen atoms in total. The second kappa shape index (κ2) is 2.88. The average molecular weight is 195 g/mol. The molecule has 0 aromatic rings. The fraction of sp³-hybridized carbons (Fsp3) is 0.909. The first-order valence-electron chi connectivity index (χ1n) is 5.49. The maximum atomic E-state index is 5.85. The SMILES string of the molecule is CN1C(N)=NCC12CCCC(C)(C)C2. The number of guanidine groups is 1. The third-order valence-electron chi connectivity index (χ3n) is 3.89. The third-order valence-corrected chi connectivity index (χ3v) is 3.89. The molecule has 1 aliphatic heterocycles. The smallest absolute Gasteiger partial charge is 0.191 e. The van der Waals surface area contributed by atoms with Crippen LogP contribution in [0, 0.1) is 5.41 Å². The van der Waals surface area contributed by atoms with Crippen molar-refractivity contribution in [3.8, 4) is 0 Å². The lowest BCUT2D eigenvalue weighted by atomic mass is 9.68. The van der Waals surface area contributed by atoms with Crippen LogP contribution < -0.4 is 5.73 Å². The van der Waals surface area contributed by atoms with Gasteiger partial charge in [-0.25, -0.2) is 0 Å². The first-order chi connectivity index (χ1) is 6.45. The summed E-state index contributed by atoms with van der Waals surface area (Å²) in [5.41, 5.74) is 6.54. The molecular formula is C11H21N3. The third kappa shape index (κ3) is 1.39. The Bertz CT molecular complexity index is 270. The molecule has 0 bridgehead atoms. The molecule has 14 heavy (non-hydrogen) atoms. The zero-order chi connectivity index (χ0) is 10.4. The van der Waals surface area contributed by atoms with Gasteiger partial charge in [-0.1, -0.05) is 20.3 Å². The van der Waals surface area contributed by atoms with E-state index in [0.717, 1.165) is 12.5 Å². The van der Waals surface area contributed by atoms with Crippen LogP contribution >= 0.6 is 0 Å². The van der Waals surface area contributed by atoms with Crippen molar-refractivity contribution in [2.75, 3.05) is 13.6 Å². The van der Waals surface area contributed by atoms with Gasteiger partial charge in [0.15, 0.2) is 5.96 Å². The Morgan fingerprint density at radius 3 is 2.57 bits per heavy atom. The minimum absolute atomic E-state index is 0.242. The van der Waals surface area contributed by atoms with Gasteiger partial charge in [-0.15, -0.1) is 0 Å². The summed E-state index contributed by atoms with van der Waals surface area (Å²) < 4.78 is 0. The Morgan fingerprint density at radius 2 is 2.07 bits per heavy atom. The van der Waals surface area contributed by atoms with Crippen molar-refractivity contribution in [3.05, 3.63) is 0 Å². The maximum Gasteiger partial charge on any atom is 0.191 e. The number of rotatable bonds is 0. The largest absolute Gasteiger partial charge is 0.370 e. The van der Waals surface area contributed by atoms with Crippen LogP contribution in [0.25, 0.3) is 0 Å². The Balaban J connectivity index is 2.18. The lowest BCUT2D eigenvalue weighted by Crippen LogP contribution is -2.53. The van der Waals surface area contributed by atoms with Crippen LogP contribution in [0.15, 0.2) is 4.99 Å². The van der Waals surface area contributed by atoms with E-state index in [1.54, 1.807) is 0 Å². The van der Waals surface area contributed by atoms with E-state index in [0.29, 0.717) is 5.41 Å². The van der Waals surface area contributed by atoms with Gasteiger partial charge in [0.05, 0.1) is 12.1 Å². The van der Waals surface area contributed by atoms with Crippen LogP contribution in [-0.2, 0) is 0 Å². The zero-order valence-electron chi connectivity index (χ0n) is 9.51. The Kier molecular flexibility index (Phi) is 2.02. The quantitative estimate of drug-likeness (QED) is 0.637. The predicted octanol–water partition coefficient (Wildman–Crippen LogP) is 1.59. The highest BCUT2D eigenvalue weighted by Crippen LogP contribution is 2.45. The van der Waals surface area contributed by atoms with Gasteiger partial charge in [0, 0.05) is 7.05 Å². The highest BCUT2D eigenvalue weighted by Gasteiger charge is 2.46. The van der Waals surface area contributed by atoms with E-state index in [1.165, 1.54) is 25.7 Å². The number of hydrogen-bond acceptors (Lipinski definition) is 3. The van der Waals surface area contributed by atoms with E-state index in [-0.39, 0.29) is 5.54 Å². The van der Waals surface area contributed by atoms with Crippen molar-refractivity contribution in [1.29, 1.82) is 0 Å². The van der Waals surface area contributed by atoms with E-state index < -0.39 is 0 Å². The van der Waals surface area contributed by atoms with Gasteiger partial charge in [0.25, 0.3) is 0 Å². The number of hydrogen-bond donors (Lipinski definition) is 1. The van der Waals surface area contributed by atoms with Crippen LogP contribution in [0.3, 0.4) is 0 Å². The molecule has 2 rings (SSSR count). The molecular weight excluding hydrogens is 174 g/mol. The summed E-state index contributed by atoms with van der Waals surface area (Å²) in [4.78, 5) is 6.58. The zero-order valence-corrected chi connectivity index (χ0v) is 9.51. The summed E-state index contributed by atoms with van der Waals surface area (Å²) in [6.07, 6.45) is 5.11. The van der Waals surface area contributed by atoms with Gasteiger partial charge in [0.2, 0.25) is 0 Å². The van der Waals surface area contributed by atoms with Crippen molar-refractivity contribution in [2.24, 2.45) is 16.1 Å². The molecule has 1 unspecified atom stereocenters. The van der Waals surface area contributed by atoms with Crippen molar-refractivity contribution in [3.63, 3.8) is 0 Å². The van der Waals surface area contributed by atoms with Gasteiger partial charge in [-0.3, -0.25) is 4.99 Å². The van der Waals surface area contributed by atoms with E-state index in [4.69, 9.17) is 5.73 Å². The van der Waals surface area contributed by atoms with Crippen LogP contribution in [-0.4, -0.2) is 30.0 Å². The monoisotopic (exact) mass is 195 g/mol. The predicted molar refractivity (Wildman–Crippen MR) is 59.2 cm³/mol. The summed E-state index contributed by atoms with van der Waals surface area (Å²) in [7, 11) is 2.09. The van der Waals surface area contributed by atoms with E-state index in [9.17, 15) is 0 Å². The Morgan fingerprint density at radius 1 is 1.36 bits per heavy atom. The van der Waals surface area contributed by atoms with Gasteiger partial charge in [-0.05, 0) is 24.7 Å². The van der Waals surface area contributed by atoms with Crippen molar-refractivity contribution < 1.29 is 0 Å². The summed E-state index contributed by atoms with van der Waals surface area (Å²) in [5.74, 6) is 0.725. The molecule has 80 valence electrons. The number of likely N-dealkylation sites (N-methyl/N-ethyl adjacent to an activating group) is 1. The summed E-state index contributed by atoms with van der Waals surface area (Å²) in [6, 6.07) is 0. The molecule has 1 aliphatic carbocycles. The van der Waals surface area contributed by atoms with Crippen molar-refractivity contribution in [1.82, 2.24) is 4.90 Å². The lowest BCUT2D eigenvalue weighted by Gasteiger charge is -2.46. The van der Waals surface area contributed by atoms with Crippen molar-refractivity contribution in [2.45, 2.75) is 45.1 Å². The minimum atomic E-state index is 0.242. The Hall–Kier alpha value is -0.730. The first kappa shape index (κ1) is 9.81. The average Bonchev–Trinajstić information content (AvgIpc) is 2.33. The van der Waals surface area contributed by atoms with E-state index in [2.05, 4.69) is 30.8 Å². The fourth-order valence-corrected chi connectivity index (χ4v) is 3.07. The summed E-state index contributed by atoms with van der Waals surface area (Å²) >= 11 is 0. The summed E-state index contributed by atoms with van der Waals surface area (Å²) in [6.45, 7) is 5.62. The molecule has 3 heteroatoms. The molecule has 0 aromatic heterocycles. The maximum absolute atomic E-state index is 5.85. The molecule has 1 fully saturated rings. The highest BCUT2D eigenvalue weighted by atomic mass is 15.3. The molecule has 0 saturated heterocycles. The normalized spacial score (nSPS) is 36.2. The van der Waals surface area contributed by atoms with Crippen molar-refractivity contribution >= 4 is 5.96 Å². The van der Waals surface area contributed by atoms with Crippen LogP contribution in [0.5, 0.6) is 0 Å². The first-order valence-corrected chi connectivity index (χ1v) is 5.49. The lowest BCUT2D eigenvalue weighted by molar-refractivity contribution is 0.0816. The molecule has 1 saturated carbocycles. The van der Waals surface area contributed by atoms with Crippen LogP contribution in [0.1, 0.15) is 39.5 Å². The molecule has 1 heterocycles. The molecule has 2 aliphatic rings. The molecule has 0 aromatic carbocycles. The minimum Gasteiger partial charge on any atom is -0.370 e. The molecule has 1 atom stereocenters. The second-order valence-corrected chi connectivity index (χ2v) is 5.65. The van der Waals surface area contributed by atoms with Gasteiger partial charge in [-0.2, -0.15) is 0 Å². The van der Waals surface area contributed by atoms with Gasteiger partial charge in [0.1, 0.15) is 0 Å². The van der Waals surface area contributed by atoms with Gasteiger partial charge < -0.3 is 10.6 Å². The molecule has 0 amide bonds. The number of aliphatic imine (C=N–C) groups is 1. The van der Waals surface area contributed by atoms with E-state index in [1.807, 2.05) is 0 Å². The number of nitrogens with two attached hydrogens (primary N) is 1. The fourth-order valence-electron chi connectivity index (χ4n) is 3.07. The van der Waals surface area contributed by atoms with Gasteiger partial charge >= 0.3 is 0 Å². The highest BCUT2D eigenvalue weighted by molar-refractivity contribution is 5.80. The molecule has 2 N–H and O–H groups in total. The van der Waals surface area contributed by atoms with E-state index >= 15 is 0 Å². The standard InChI is InChI=1S/C11H21N3/c1-10(2)5-4-6-11(7-10)8-13-9(12)14(11)3/h4-8H2,1-3H3,(H2,12,13). The van der Waals surface area contributed by atoms with Crippen LogP contribution in [0.4, 0.5) is 0 Å². The van der Waals surface area contributed by atoms with Crippen LogP contribution in [0.2, 0.25) is 0 Å². The Labute approximate surface area is 86.4 Å². The second-order valence-electron chi connectivity index (χ2n) is 5.65. The number of nitrogens with zero attached hydrogens (tertiary/aromatic N) is 2. The summed E-state index contributed by atoms with van der Waals surface area (Å²) in [5, 5.41) is 0. The molecule has 1 spiro atoms. The molecule has 0 radical (unpaired) electrons. The topological polar surface area (TPSA) is 41.6 Å².